The van der Waals surface area contributed by atoms with Crippen LogP contribution in [0.2, 0.25) is 0 Å². The molecule has 4 atom stereocenters. The molecule has 0 radical (unpaired) electrons. The van der Waals surface area contributed by atoms with Gasteiger partial charge in [0.1, 0.15) is 0 Å². The van der Waals surface area contributed by atoms with Gasteiger partial charge in [-0.2, -0.15) is 0 Å². The summed E-state index contributed by atoms with van der Waals surface area (Å²) in [6.07, 6.45) is 3.83. The van der Waals surface area contributed by atoms with Crippen LogP contribution in [-0.4, -0.2) is 15.6 Å². The number of nitro groups is 1. The SMILES string of the molecule is O=[N+]([O-])c1ccc(S[C@@H]2[C@H]3CC[C@H](C3)[C@@H]2Cl)cc1. The zero-order chi connectivity index (χ0) is 12.7. The summed E-state index contributed by atoms with van der Waals surface area (Å²) in [5, 5.41) is 11.3. The number of halogens is 1. The van der Waals surface area contributed by atoms with Crippen LogP contribution in [-0.2, 0) is 0 Å². The van der Waals surface area contributed by atoms with Gasteiger partial charge in [0.25, 0.3) is 5.69 Å². The predicted molar refractivity (Wildman–Crippen MR) is 73.2 cm³/mol. The van der Waals surface area contributed by atoms with Gasteiger partial charge in [-0.05, 0) is 43.2 Å². The number of alkyl halides is 1. The van der Waals surface area contributed by atoms with E-state index < -0.39 is 0 Å². The quantitative estimate of drug-likeness (QED) is 0.477. The number of rotatable bonds is 3. The Balaban J connectivity index is 1.71. The lowest BCUT2D eigenvalue weighted by Gasteiger charge is -2.25. The van der Waals surface area contributed by atoms with Gasteiger partial charge in [0.05, 0.1) is 4.92 Å². The van der Waals surface area contributed by atoms with Crippen LogP contribution >= 0.6 is 23.4 Å². The van der Waals surface area contributed by atoms with Crippen LogP contribution in [0.15, 0.2) is 29.2 Å². The molecule has 1 aromatic rings. The molecule has 0 N–H and O–H groups in total. The van der Waals surface area contributed by atoms with Crippen molar-refractivity contribution in [2.24, 2.45) is 11.8 Å². The minimum Gasteiger partial charge on any atom is -0.258 e. The number of thioether (sulfide) groups is 1. The maximum atomic E-state index is 10.6. The predicted octanol–water partition coefficient (Wildman–Crippen LogP) is 4.09. The second kappa shape index (κ2) is 4.74. The number of hydrogen-bond acceptors (Lipinski definition) is 3. The van der Waals surface area contributed by atoms with E-state index in [1.165, 1.54) is 19.3 Å². The summed E-state index contributed by atoms with van der Waals surface area (Å²) in [4.78, 5) is 11.3. The molecule has 1 aromatic carbocycles. The number of benzene rings is 1. The highest BCUT2D eigenvalue weighted by atomic mass is 35.5. The maximum Gasteiger partial charge on any atom is 0.269 e. The largest absolute Gasteiger partial charge is 0.269 e. The Morgan fingerprint density at radius 3 is 2.44 bits per heavy atom. The van der Waals surface area contributed by atoms with Crippen LogP contribution in [0.5, 0.6) is 0 Å². The Bertz CT molecular complexity index is 463. The Kier molecular flexibility index (Phi) is 3.24. The second-order valence-corrected chi connectivity index (χ2v) is 6.87. The first kappa shape index (κ1) is 12.3. The first-order chi connectivity index (χ1) is 8.65. The fourth-order valence-corrected chi connectivity index (χ4v) is 5.12. The average molecular weight is 284 g/mol. The molecule has 5 heteroatoms. The summed E-state index contributed by atoms with van der Waals surface area (Å²) in [7, 11) is 0. The number of nitro benzene ring substituents is 1. The molecular weight excluding hydrogens is 270 g/mol. The summed E-state index contributed by atoms with van der Waals surface area (Å²) < 4.78 is 0. The van der Waals surface area contributed by atoms with Crippen molar-refractivity contribution in [3.63, 3.8) is 0 Å². The lowest BCUT2D eigenvalue weighted by atomic mass is 10.00. The van der Waals surface area contributed by atoms with Crippen LogP contribution in [0, 0.1) is 22.0 Å². The van der Waals surface area contributed by atoms with Crippen molar-refractivity contribution in [2.45, 2.75) is 34.8 Å². The molecule has 0 aromatic heterocycles. The molecule has 18 heavy (non-hydrogen) atoms. The molecule has 3 nitrogen and oxygen atoms in total. The molecule has 0 saturated heterocycles. The summed E-state index contributed by atoms with van der Waals surface area (Å²) in [6, 6.07) is 6.80. The molecule has 2 aliphatic rings. The van der Waals surface area contributed by atoms with E-state index in [4.69, 9.17) is 11.6 Å². The number of nitrogens with zero attached hydrogens (tertiary/aromatic N) is 1. The van der Waals surface area contributed by atoms with E-state index in [9.17, 15) is 10.1 Å². The maximum absolute atomic E-state index is 10.6. The third-order valence-corrected chi connectivity index (χ3v) is 6.33. The van der Waals surface area contributed by atoms with Crippen molar-refractivity contribution < 1.29 is 4.92 Å². The van der Waals surface area contributed by atoms with E-state index in [2.05, 4.69) is 0 Å². The topological polar surface area (TPSA) is 43.1 Å². The van der Waals surface area contributed by atoms with Gasteiger partial charge in [-0.3, -0.25) is 10.1 Å². The summed E-state index contributed by atoms with van der Waals surface area (Å²) in [5.74, 6) is 1.42. The number of fused-ring (bicyclic) bond motifs is 2. The van der Waals surface area contributed by atoms with Crippen molar-refractivity contribution in [3.05, 3.63) is 34.4 Å². The van der Waals surface area contributed by atoms with Crippen LogP contribution in [0.25, 0.3) is 0 Å². The normalized spacial score (nSPS) is 33.8. The summed E-state index contributed by atoms with van der Waals surface area (Å²) in [5.41, 5.74) is 0.148. The molecule has 96 valence electrons. The molecule has 0 amide bonds. The summed E-state index contributed by atoms with van der Waals surface area (Å²) >= 11 is 8.27. The van der Waals surface area contributed by atoms with Crippen molar-refractivity contribution in [1.29, 1.82) is 0 Å². The Morgan fingerprint density at radius 1 is 1.22 bits per heavy atom. The average Bonchev–Trinajstić information content (AvgIpc) is 2.94. The van der Waals surface area contributed by atoms with E-state index >= 15 is 0 Å². The molecule has 0 spiro atoms. The Morgan fingerprint density at radius 2 is 1.89 bits per heavy atom. The van der Waals surface area contributed by atoms with Crippen molar-refractivity contribution in [3.8, 4) is 0 Å². The minimum atomic E-state index is -0.365. The standard InChI is InChI=1S/C13H14ClNO2S/c14-12-8-1-2-9(7-8)13(12)18-11-5-3-10(4-6-11)15(16)17/h3-6,8-9,12-13H,1-2,7H2/t8-,9+,12+,13-/m1/s1. The molecule has 2 fully saturated rings. The smallest absolute Gasteiger partial charge is 0.258 e. The summed E-state index contributed by atoms with van der Waals surface area (Å²) in [6.45, 7) is 0. The number of non-ortho nitro benzene ring substituents is 1. The van der Waals surface area contributed by atoms with Crippen LogP contribution in [0.1, 0.15) is 19.3 Å². The molecular formula is C13H14ClNO2S. The lowest BCUT2D eigenvalue weighted by Crippen LogP contribution is -2.24. The van der Waals surface area contributed by atoms with E-state index in [0.717, 1.165) is 10.8 Å². The molecule has 0 unspecified atom stereocenters. The number of hydrogen-bond donors (Lipinski definition) is 0. The van der Waals surface area contributed by atoms with Gasteiger partial charge in [-0.15, -0.1) is 23.4 Å². The third kappa shape index (κ3) is 2.12. The molecule has 2 bridgehead atoms. The van der Waals surface area contributed by atoms with Crippen LogP contribution in [0.3, 0.4) is 0 Å². The Hall–Kier alpha value is -0.740. The van der Waals surface area contributed by atoms with Gasteiger partial charge >= 0.3 is 0 Å². The Labute approximate surface area is 115 Å². The van der Waals surface area contributed by atoms with Crippen molar-refractivity contribution in [2.75, 3.05) is 0 Å². The highest BCUT2D eigenvalue weighted by Crippen LogP contribution is 2.53. The second-order valence-electron chi connectivity index (χ2n) is 5.11. The van der Waals surface area contributed by atoms with E-state index in [1.54, 1.807) is 23.9 Å². The molecule has 2 saturated carbocycles. The first-order valence-corrected chi connectivity index (χ1v) is 7.52. The fraction of sp³-hybridized carbons (Fsp3) is 0.538. The van der Waals surface area contributed by atoms with Crippen molar-refractivity contribution in [1.82, 2.24) is 0 Å². The monoisotopic (exact) mass is 283 g/mol. The molecule has 3 rings (SSSR count). The first-order valence-electron chi connectivity index (χ1n) is 6.20. The van der Waals surface area contributed by atoms with E-state index in [0.29, 0.717) is 11.2 Å². The van der Waals surface area contributed by atoms with Gasteiger partial charge in [-0.1, -0.05) is 0 Å². The lowest BCUT2D eigenvalue weighted by molar-refractivity contribution is -0.384. The zero-order valence-electron chi connectivity index (χ0n) is 9.79. The van der Waals surface area contributed by atoms with Gasteiger partial charge < -0.3 is 0 Å². The van der Waals surface area contributed by atoms with E-state index in [1.807, 2.05) is 12.1 Å². The van der Waals surface area contributed by atoms with Crippen LogP contribution in [0.4, 0.5) is 5.69 Å². The van der Waals surface area contributed by atoms with E-state index in [-0.39, 0.29) is 16.0 Å². The van der Waals surface area contributed by atoms with Crippen LogP contribution < -0.4 is 0 Å². The van der Waals surface area contributed by atoms with Gasteiger partial charge in [0.15, 0.2) is 0 Å². The third-order valence-electron chi connectivity index (χ3n) is 4.06. The van der Waals surface area contributed by atoms with Crippen molar-refractivity contribution >= 4 is 29.1 Å². The van der Waals surface area contributed by atoms with Gasteiger partial charge in [0, 0.05) is 27.7 Å². The van der Waals surface area contributed by atoms with Gasteiger partial charge in [-0.25, -0.2) is 0 Å². The molecule has 0 aliphatic heterocycles. The highest BCUT2D eigenvalue weighted by molar-refractivity contribution is 8.00. The molecule has 0 heterocycles. The van der Waals surface area contributed by atoms with Gasteiger partial charge in [0.2, 0.25) is 0 Å². The minimum absolute atomic E-state index is 0.148. The molecule has 2 aliphatic carbocycles. The zero-order valence-corrected chi connectivity index (χ0v) is 11.4. The fourth-order valence-electron chi connectivity index (χ4n) is 3.13. The highest BCUT2D eigenvalue weighted by Gasteiger charge is 2.47.